The summed E-state index contributed by atoms with van der Waals surface area (Å²) in [6.07, 6.45) is 19.3. The van der Waals surface area contributed by atoms with Crippen LogP contribution < -0.4 is 9.64 Å². The first-order valence-corrected chi connectivity index (χ1v) is 20.5. The lowest BCUT2D eigenvalue weighted by Crippen LogP contribution is -2.28. The summed E-state index contributed by atoms with van der Waals surface area (Å²) in [7, 11) is 0. The number of ether oxygens (including phenoxy) is 1. The minimum atomic E-state index is -0.439. The van der Waals surface area contributed by atoms with Gasteiger partial charge < -0.3 is 9.64 Å². The lowest BCUT2D eigenvalue weighted by molar-refractivity contribution is 0.423. The van der Waals surface area contributed by atoms with Gasteiger partial charge in [-0.15, -0.1) is 0 Å². The predicted molar refractivity (Wildman–Crippen MR) is 235 cm³/mol. The number of allylic oxidation sites excluding steroid dienone is 6. The maximum Gasteiger partial charge on any atom is 0.130 e. The van der Waals surface area contributed by atoms with Gasteiger partial charge >= 0.3 is 0 Å². The molecule has 0 saturated carbocycles. The van der Waals surface area contributed by atoms with E-state index in [4.69, 9.17) is 4.74 Å². The van der Waals surface area contributed by atoms with Gasteiger partial charge in [0.1, 0.15) is 11.5 Å². The Morgan fingerprint density at radius 1 is 0.544 bits per heavy atom. The lowest BCUT2D eigenvalue weighted by atomic mass is 9.67. The molecule has 272 valence electrons. The minimum Gasteiger partial charge on any atom is -0.461 e. The predicted octanol–water partition coefficient (Wildman–Crippen LogP) is 13.6. The Balaban J connectivity index is 1.05. The second kappa shape index (κ2) is 12.7. The molecule has 2 nitrogen and oxygen atoms in total. The number of anilines is 2. The largest absolute Gasteiger partial charge is 0.461 e. The van der Waals surface area contributed by atoms with Gasteiger partial charge in [0.05, 0.1) is 11.3 Å². The molecule has 7 aromatic rings. The van der Waals surface area contributed by atoms with Crippen molar-refractivity contribution in [2.75, 3.05) is 4.90 Å². The summed E-state index contributed by atoms with van der Waals surface area (Å²) in [4.78, 5) is 2.51. The van der Waals surface area contributed by atoms with Crippen LogP contribution in [0.2, 0.25) is 0 Å². The SMILES string of the molecule is C1=Cc2c(c3c(c4cc(N(C5=CC=C6Oc7ccccc7C6C5)c5ccc(C6(c7ccccc7)c7ccccc7-c7ccccc76)cc5)ccc24)C=CCC3)CC1. The average molecular weight is 732 g/mol. The third-order valence-corrected chi connectivity index (χ3v) is 13.3. The quantitative estimate of drug-likeness (QED) is 0.175. The molecule has 0 amide bonds. The van der Waals surface area contributed by atoms with Crippen molar-refractivity contribution in [2.45, 2.75) is 43.4 Å². The van der Waals surface area contributed by atoms with Gasteiger partial charge in [-0.3, -0.25) is 0 Å². The van der Waals surface area contributed by atoms with Crippen LogP contribution in [0, 0.1) is 0 Å². The maximum absolute atomic E-state index is 6.39. The molecule has 0 saturated heterocycles. The van der Waals surface area contributed by atoms with Crippen LogP contribution in [0.25, 0.3) is 34.1 Å². The van der Waals surface area contributed by atoms with E-state index < -0.39 is 5.41 Å². The smallest absolute Gasteiger partial charge is 0.130 e. The monoisotopic (exact) mass is 731 g/mol. The van der Waals surface area contributed by atoms with Crippen LogP contribution >= 0.6 is 0 Å². The van der Waals surface area contributed by atoms with E-state index in [2.05, 4.69) is 187 Å². The maximum atomic E-state index is 6.39. The molecule has 12 rings (SSSR count). The zero-order valence-corrected chi connectivity index (χ0v) is 31.8. The zero-order chi connectivity index (χ0) is 37.5. The van der Waals surface area contributed by atoms with E-state index in [0.717, 1.165) is 49.3 Å². The Morgan fingerprint density at radius 3 is 1.89 bits per heavy atom. The van der Waals surface area contributed by atoms with Gasteiger partial charge in [0.2, 0.25) is 0 Å². The highest BCUT2D eigenvalue weighted by atomic mass is 16.5. The van der Waals surface area contributed by atoms with Crippen LogP contribution in [0.15, 0.2) is 181 Å². The van der Waals surface area contributed by atoms with Crippen LogP contribution in [0.4, 0.5) is 11.4 Å². The van der Waals surface area contributed by atoms with Gasteiger partial charge in [0.15, 0.2) is 0 Å². The number of benzene rings is 7. The second-order valence-electron chi connectivity index (χ2n) is 16.1. The molecule has 2 heteroatoms. The summed E-state index contributed by atoms with van der Waals surface area (Å²) in [6, 6.07) is 54.3. The molecule has 1 unspecified atom stereocenters. The summed E-state index contributed by atoms with van der Waals surface area (Å²) >= 11 is 0. The van der Waals surface area contributed by atoms with Crippen molar-refractivity contribution in [3.8, 4) is 16.9 Å². The fraction of sp³-hybridized carbons (Fsp3) is 0.127. The molecule has 0 bridgehead atoms. The molecule has 1 aliphatic heterocycles. The minimum absolute atomic E-state index is 0.184. The molecule has 0 radical (unpaired) electrons. The fourth-order valence-electron chi connectivity index (χ4n) is 10.8. The molecule has 0 N–H and O–H groups in total. The van der Waals surface area contributed by atoms with Gasteiger partial charge in [0.25, 0.3) is 0 Å². The van der Waals surface area contributed by atoms with E-state index in [-0.39, 0.29) is 5.92 Å². The second-order valence-corrected chi connectivity index (χ2v) is 16.1. The van der Waals surface area contributed by atoms with Crippen molar-refractivity contribution in [3.63, 3.8) is 0 Å². The van der Waals surface area contributed by atoms with Crippen LogP contribution in [-0.4, -0.2) is 0 Å². The van der Waals surface area contributed by atoms with E-state index in [1.807, 2.05) is 0 Å². The first kappa shape index (κ1) is 32.6. The number of rotatable bonds is 5. The Hall–Kier alpha value is -6.64. The normalized spacial score (nSPS) is 17.6. The molecule has 7 aromatic carbocycles. The fourth-order valence-corrected chi connectivity index (χ4v) is 10.8. The number of hydrogen-bond acceptors (Lipinski definition) is 2. The number of hydrogen-bond donors (Lipinski definition) is 0. The van der Waals surface area contributed by atoms with Gasteiger partial charge in [0, 0.05) is 29.1 Å². The third-order valence-electron chi connectivity index (χ3n) is 13.3. The summed E-state index contributed by atoms with van der Waals surface area (Å²) in [5.74, 6) is 2.20. The molecule has 1 atom stereocenters. The van der Waals surface area contributed by atoms with Crippen molar-refractivity contribution in [1.82, 2.24) is 0 Å². The molecule has 1 heterocycles. The van der Waals surface area contributed by atoms with Crippen molar-refractivity contribution < 1.29 is 4.74 Å². The van der Waals surface area contributed by atoms with E-state index in [1.165, 1.54) is 72.2 Å². The topological polar surface area (TPSA) is 12.5 Å². The molecular formula is C55H41NO. The molecular weight excluding hydrogens is 691 g/mol. The summed E-state index contributed by atoms with van der Waals surface area (Å²) in [5.41, 5.74) is 18.2. The number of para-hydroxylation sites is 1. The highest BCUT2D eigenvalue weighted by molar-refractivity contribution is 6.02. The van der Waals surface area contributed by atoms with Gasteiger partial charge in [-0.1, -0.05) is 140 Å². The Labute approximate surface area is 334 Å². The van der Waals surface area contributed by atoms with Crippen molar-refractivity contribution in [1.29, 1.82) is 0 Å². The van der Waals surface area contributed by atoms with Crippen molar-refractivity contribution in [2.24, 2.45) is 0 Å². The van der Waals surface area contributed by atoms with Gasteiger partial charge in [-0.2, -0.15) is 0 Å². The van der Waals surface area contributed by atoms with E-state index in [0.29, 0.717) is 0 Å². The van der Waals surface area contributed by atoms with E-state index in [9.17, 15) is 0 Å². The third kappa shape index (κ3) is 4.77. The Morgan fingerprint density at radius 2 is 1.16 bits per heavy atom. The van der Waals surface area contributed by atoms with Crippen molar-refractivity contribution in [3.05, 3.63) is 231 Å². The summed E-state index contributed by atoms with van der Waals surface area (Å²) < 4.78 is 6.39. The number of nitrogens with zero attached hydrogens (tertiary/aromatic N) is 1. The standard InChI is InChI=1S/C55H41NO/c1-2-14-36(15-3-1)55(51-23-11-8-20-46(51)47-21-9-12-24-52(47)55)37-26-28-38(29-27-37)56(40-31-33-54-50(35-40)48-22-10-13-25-53(48)57-54)39-30-32-45-43-18-5-4-16-41(43)42-17-6-7-19-44(42)49(45)34-39/h1-3,5,7-15,18-34,50H,4,6,16-17,35H2. The van der Waals surface area contributed by atoms with Gasteiger partial charge in [-0.05, 0) is 135 Å². The van der Waals surface area contributed by atoms with Crippen LogP contribution in [0.3, 0.4) is 0 Å². The van der Waals surface area contributed by atoms with Gasteiger partial charge in [-0.25, -0.2) is 0 Å². The molecule has 0 aromatic heterocycles. The zero-order valence-electron chi connectivity index (χ0n) is 31.8. The first-order chi connectivity index (χ1) is 28.3. The van der Waals surface area contributed by atoms with Crippen LogP contribution in [0.1, 0.15) is 75.3 Å². The van der Waals surface area contributed by atoms with Crippen LogP contribution in [0.5, 0.6) is 5.75 Å². The highest BCUT2D eigenvalue weighted by Crippen LogP contribution is 2.56. The van der Waals surface area contributed by atoms with E-state index >= 15 is 0 Å². The molecule has 4 aliphatic carbocycles. The first-order valence-electron chi connectivity index (χ1n) is 20.5. The van der Waals surface area contributed by atoms with E-state index in [1.54, 1.807) is 11.1 Å². The number of fused-ring (bicyclic) bond motifs is 12. The average Bonchev–Trinajstić information content (AvgIpc) is 3.81. The lowest BCUT2D eigenvalue weighted by Gasteiger charge is -2.35. The van der Waals surface area contributed by atoms with Crippen molar-refractivity contribution >= 4 is 34.3 Å². The molecule has 0 fully saturated rings. The Kier molecular flexibility index (Phi) is 7.26. The Bertz CT molecular complexity index is 2860. The molecule has 0 spiro atoms. The summed E-state index contributed by atoms with van der Waals surface area (Å²) in [6.45, 7) is 0. The van der Waals surface area contributed by atoms with Crippen LogP contribution in [-0.2, 0) is 18.3 Å². The summed E-state index contributed by atoms with van der Waals surface area (Å²) in [5, 5.41) is 2.70. The highest BCUT2D eigenvalue weighted by Gasteiger charge is 2.46. The molecule has 5 aliphatic rings. The molecule has 57 heavy (non-hydrogen) atoms.